The summed E-state index contributed by atoms with van der Waals surface area (Å²) in [6.07, 6.45) is 0. The number of hydrogen-bond donors (Lipinski definition) is 2. The van der Waals surface area contributed by atoms with Crippen LogP contribution in [-0.2, 0) is 4.79 Å². The molecule has 0 unspecified atom stereocenters. The molecule has 1 rings (SSSR count). The first kappa shape index (κ1) is 16.7. The minimum absolute atomic E-state index is 0.0421. The number of aryl methyl sites for hydroxylation is 1. The zero-order valence-corrected chi connectivity index (χ0v) is 12.7. The summed E-state index contributed by atoms with van der Waals surface area (Å²) in [5, 5.41) is 2.66. The van der Waals surface area contributed by atoms with Gasteiger partial charge in [0.1, 0.15) is 0 Å². The zero-order chi connectivity index (χ0) is 15.8. The largest absolute Gasteiger partial charge is 0.355 e. The van der Waals surface area contributed by atoms with Gasteiger partial charge in [0.05, 0.1) is 13.1 Å². The third-order valence-corrected chi connectivity index (χ3v) is 2.90. The molecule has 5 nitrogen and oxygen atoms in total. The molecule has 0 bridgehead atoms. The predicted molar refractivity (Wildman–Crippen MR) is 82.8 cm³/mol. The molecule has 0 saturated heterocycles. The summed E-state index contributed by atoms with van der Waals surface area (Å²) in [5.41, 5.74) is 7.64. The standard InChI is InChI=1S/C16H21N3O2/c1-4-18-15(20)11-19(3)16(21)14-8-7-13(6-5-9-17)12(2)10-14/h7-8,10H,4,9,11,17H2,1-3H3,(H,18,20). The number of nitrogens with one attached hydrogen (secondary N) is 1. The van der Waals surface area contributed by atoms with Crippen LogP contribution in [0.4, 0.5) is 0 Å². The topological polar surface area (TPSA) is 75.4 Å². The van der Waals surface area contributed by atoms with Crippen LogP contribution in [0.15, 0.2) is 18.2 Å². The van der Waals surface area contributed by atoms with Crippen LogP contribution in [0.5, 0.6) is 0 Å². The first-order chi connectivity index (χ1) is 9.99. The van der Waals surface area contributed by atoms with E-state index in [1.807, 2.05) is 13.8 Å². The van der Waals surface area contributed by atoms with Gasteiger partial charge in [-0.15, -0.1) is 0 Å². The molecule has 0 aliphatic rings. The fourth-order valence-corrected chi connectivity index (χ4v) is 1.84. The van der Waals surface area contributed by atoms with Crippen LogP contribution in [0.2, 0.25) is 0 Å². The fraction of sp³-hybridized carbons (Fsp3) is 0.375. The number of carbonyl (C=O) groups is 2. The number of likely N-dealkylation sites (N-methyl/N-ethyl adjacent to an activating group) is 2. The Kier molecular flexibility index (Phi) is 6.44. The fourth-order valence-electron chi connectivity index (χ4n) is 1.84. The Morgan fingerprint density at radius 3 is 2.67 bits per heavy atom. The number of amides is 2. The molecule has 21 heavy (non-hydrogen) atoms. The summed E-state index contributed by atoms with van der Waals surface area (Å²) in [7, 11) is 1.61. The normalized spacial score (nSPS) is 9.52. The van der Waals surface area contributed by atoms with E-state index in [4.69, 9.17) is 5.73 Å². The van der Waals surface area contributed by atoms with Crippen molar-refractivity contribution >= 4 is 11.8 Å². The van der Waals surface area contributed by atoms with Crippen molar-refractivity contribution in [1.29, 1.82) is 0 Å². The molecule has 112 valence electrons. The summed E-state index contributed by atoms with van der Waals surface area (Å²) < 4.78 is 0. The SMILES string of the molecule is CCNC(=O)CN(C)C(=O)c1ccc(C#CCN)c(C)c1. The number of nitrogens with zero attached hydrogens (tertiary/aromatic N) is 1. The summed E-state index contributed by atoms with van der Waals surface area (Å²) >= 11 is 0. The van der Waals surface area contributed by atoms with Crippen molar-refractivity contribution in [2.24, 2.45) is 5.73 Å². The Hall–Kier alpha value is -2.32. The maximum absolute atomic E-state index is 12.3. The van der Waals surface area contributed by atoms with E-state index in [0.717, 1.165) is 11.1 Å². The molecule has 0 atom stereocenters. The van der Waals surface area contributed by atoms with E-state index in [-0.39, 0.29) is 18.4 Å². The molecule has 0 aliphatic carbocycles. The van der Waals surface area contributed by atoms with Gasteiger partial charge >= 0.3 is 0 Å². The van der Waals surface area contributed by atoms with Gasteiger partial charge in [0.2, 0.25) is 5.91 Å². The average Bonchev–Trinajstić information content (AvgIpc) is 2.45. The molecule has 0 aliphatic heterocycles. The number of carbonyl (C=O) groups excluding carboxylic acids is 2. The second-order valence-corrected chi connectivity index (χ2v) is 4.65. The first-order valence-corrected chi connectivity index (χ1v) is 6.81. The Balaban J connectivity index is 2.83. The Labute approximate surface area is 125 Å². The van der Waals surface area contributed by atoms with Gasteiger partial charge in [0.25, 0.3) is 5.91 Å². The lowest BCUT2D eigenvalue weighted by Gasteiger charge is -2.17. The van der Waals surface area contributed by atoms with Crippen molar-refractivity contribution in [3.8, 4) is 11.8 Å². The van der Waals surface area contributed by atoms with E-state index < -0.39 is 0 Å². The monoisotopic (exact) mass is 287 g/mol. The lowest BCUT2D eigenvalue weighted by Crippen LogP contribution is -2.38. The van der Waals surface area contributed by atoms with E-state index >= 15 is 0 Å². The van der Waals surface area contributed by atoms with Gasteiger partial charge < -0.3 is 16.0 Å². The molecule has 0 radical (unpaired) electrons. The second-order valence-electron chi connectivity index (χ2n) is 4.65. The maximum Gasteiger partial charge on any atom is 0.254 e. The molecule has 0 saturated carbocycles. The number of nitrogens with two attached hydrogens (primary N) is 1. The van der Waals surface area contributed by atoms with E-state index in [0.29, 0.717) is 18.7 Å². The highest BCUT2D eigenvalue weighted by Crippen LogP contribution is 2.11. The Morgan fingerprint density at radius 1 is 1.38 bits per heavy atom. The predicted octanol–water partition coefficient (Wildman–Crippen LogP) is 0.513. The van der Waals surface area contributed by atoms with Crippen molar-refractivity contribution in [2.75, 3.05) is 26.7 Å². The van der Waals surface area contributed by atoms with E-state index in [2.05, 4.69) is 17.2 Å². The molecule has 3 N–H and O–H groups in total. The highest BCUT2D eigenvalue weighted by Gasteiger charge is 2.15. The van der Waals surface area contributed by atoms with Gasteiger partial charge in [0.15, 0.2) is 0 Å². The van der Waals surface area contributed by atoms with Gasteiger partial charge in [-0.25, -0.2) is 0 Å². The zero-order valence-electron chi connectivity index (χ0n) is 12.7. The molecule has 0 aromatic heterocycles. The maximum atomic E-state index is 12.3. The lowest BCUT2D eigenvalue weighted by molar-refractivity contribution is -0.121. The molecule has 0 fully saturated rings. The third-order valence-electron chi connectivity index (χ3n) is 2.90. The van der Waals surface area contributed by atoms with Crippen LogP contribution in [0.25, 0.3) is 0 Å². The molecule has 1 aromatic carbocycles. The minimum Gasteiger partial charge on any atom is -0.355 e. The van der Waals surface area contributed by atoms with Gasteiger partial charge in [-0.3, -0.25) is 9.59 Å². The molecule has 1 aromatic rings. The average molecular weight is 287 g/mol. The Bertz CT molecular complexity index is 585. The van der Waals surface area contributed by atoms with E-state index in [9.17, 15) is 9.59 Å². The van der Waals surface area contributed by atoms with Crippen LogP contribution in [-0.4, -0.2) is 43.4 Å². The van der Waals surface area contributed by atoms with Crippen molar-refractivity contribution < 1.29 is 9.59 Å². The van der Waals surface area contributed by atoms with Crippen LogP contribution in [0.3, 0.4) is 0 Å². The van der Waals surface area contributed by atoms with Crippen LogP contribution >= 0.6 is 0 Å². The summed E-state index contributed by atoms with van der Waals surface area (Å²) in [6, 6.07) is 5.28. The summed E-state index contributed by atoms with van der Waals surface area (Å²) in [5.74, 6) is 5.38. The first-order valence-electron chi connectivity index (χ1n) is 6.81. The minimum atomic E-state index is -0.192. The summed E-state index contributed by atoms with van der Waals surface area (Å²) in [4.78, 5) is 25.1. The van der Waals surface area contributed by atoms with Gasteiger partial charge in [0, 0.05) is 24.7 Å². The van der Waals surface area contributed by atoms with Crippen LogP contribution < -0.4 is 11.1 Å². The molecule has 0 heterocycles. The van der Waals surface area contributed by atoms with E-state index in [1.165, 1.54) is 4.90 Å². The van der Waals surface area contributed by atoms with Crippen molar-refractivity contribution in [3.05, 3.63) is 34.9 Å². The van der Waals surface area contributed by atoms with Gasteiger partial charge in [-0.05, 0) is 37.6 Å². The number of hydrogen-bond acceptors (Lipinski definition) is 3. The quantitative estimate of drug-likeness (QED) is 0.792. The number of rotatable bonds is 4. The van der Waals surface area contributed by atoms with Gasteiger partial charge in [-0.2, -0.15) is 0 Å². The lowest BCUT2D eigenvalue weighted by atomic mass is 10.0. The second kappa shape index (κ2) is 8.08. The molecule has 2 amide bonds. The van der Waals surface area contributed by atoms with Crippen molar-refractivity contribution in [2.45, 2.75) is 13.8 Å². The van der Waals surface area contributed by atoms with Crippen LogP contribution in [0, 0.1) is 18.8 Å². The smallest absolute Gasteiger partial charge is 0.254 e. The molecular formula is C16H21N3O2. The molecular weight excluding hydrogens is 266 g/mol. The van der Waals surface area contributed by atoms with Crippen molar-refractivity contribution in [1.82, 2.24) is 10.2 Å². The van der Waals surface area contributed by atoms with Gasteiger partial charge in [-0.1, -0.05) is 11.8 Å². The summed E-state index contributed by atoms with van der Waals surface area (Å²) in [6.45, 7) is 4.62. The van der Waals surface area contributed by atoms with Crippen molar-refractivity contribution in [3.63, 3.8) is 0 Å². The number of benzene rings is 1. The highest BCUT2D eigenvalue weighted by molar-refractivity contribution is 5.96. The molecule has 0 spiro atoms. The molecule has 5 heteroatoms. The Morgan fingerprint density at radius 2 is 2.10 bits per heavy atom. The third kappa shape index (κ3) is 4.93. The van der Waals surface area contributed by atoms with E-state index in [1.54, 1.807) is 25.2 Å². The van der Waals surface area contributed by atoms with Crippen LogP contribution in [0.1, 0.15) is 28.4 Å². The highest BCUT2D eigenvalue weighted by atomic mass is 16.2.